The Morgan fingerprint density at radius 2 is 1.83 bits per heavy atom. The van der Waals surface area contributed by atoms with E-state index >= 15 is 0 Å². The van der Waals surface area contributed by atoms with Crippen molar-refractivity contribution in [3.8, 4) is 11.3 Å². The first-order valence-corrected chi connectivity index (χ1v) is 7.56. The Balaban J connectivity index is 1.64. The van der Waals surface area contributed by atoms with Crippen molar-refractivity contribution >= 4 is 23.3 Å². The molecule has 4 nitrogen and oxygen atoms in total. The van der Waals surface area contributed by atoms with Crippen molar-refractivity contribution in [3.63, 3.8) is 0 Å². The van der Waals surface area contributed by atoms with Crippen molar-refractivity contribution in [2.45, 2.75) is 6.92 Å². The molecule has 3 aromatic rings. The Morgan fingerprint density at radius 3 is 2.52 bits per heavy atom. The summed E-state index contributed by atoms with van der Waals surface area (Å²) in [5.74, 6) is 0.449. The van der Waals surface area contributed by atoms with Crippen LogP contribution >= 0.6 is 11.6 Å². The lowest BCUT2D eigenvalue weighted by Gasteiger charge is -2.02. The molecule has 0 atom stereocenters. The number of carbonyl (C=O) groups is 1. The highest BCUT2D eigenvalue weighted by Gasteiger charge is 2.09. The monoisotopic (exact) mass is 326 g/mol. The number of halogens is 1. The molecule has 1 aromatic heterocycles. The number of nitrogens with zero attached hydrogens (tertiary/aromatic N) is 1. The first-order chi connectivity index (χ1) is 11.1. The van der Waals surface area contributed by atoms with Crippen LogP contribution in [-0.2, 0) is 0 Å². The zero-order chi connectivity index (χ0) is 16.2. The highest BCUT2D eigenvalue weighted by atomic mass is 35.5. The lowest BCUT2D eigenvalue weighted by molar-refractivity contribution is 0.101. The van der Waals surface area contributed by atoms with E-state index in [1.165, 1.54) is 0 Å². The predicted octanol–water partition coefficient (Wildman–Crippen LogP) is 4.60. The highest BCUT2D eigenvalue weighted by molar-refractivity contribution is 6.30. The minimum atomic E-state index is -0.00515. The third kappa shape index (κ3) is 3.79. The van der Waals surface area contributed by atoms with Gasteiger partial charge < -0.3 is 9.84 Å². The third-order valence-electron chi connectivity index (χ3n) is 3.45. The second kappa shape index (κ2) is 6.67. The number of aromatic nitrogens is 1. The van der Waals surface area contributed by atoms with E-state index in [2.05, 4.69) is 10.5 Å². The quantitative estimate of drug-likeness (QED) is 0.696. The van der Waals surface area contributed by atoms with Crippen LogP contribution in [0.2, 0.25) is 5.02 Å². The number of aryl methyl sites for hydroxylation is 1. The summed E-state index contributed by atoms with van der Waals surface area (Å²) in [5.41, 5.74) is 3.38. The Bertz CT molecular complexity index is 808. The summed E-state index contributed by atoms with van der Waals surface area (Å²) in [4.78, 5) is 12.1. The molecule has 23 heavy (non-hydrogen) atoms. The second-order valence-corrected chi connectivity index (χ2v) is 5.66. The summed E-state index contributed by atoms with van der Waals surface area (Å²) in [6.45, 7) is 2.14. The second-order valence-electron chi connectivity index (χ2n) is 5.23. The van der Waals surface area contributed by atoms with Gasteiger partial charge in [-0.2, -0.15) is 0 Å². The molecular formula is C18H15ClN2O2. The molecule has 2 aromatic carbocycles. The maximum absolute atomic E-state index is 12.1. The van der Waals surface area contributed by atoms with Crippen LogP contribution < -0.4 is 5.32 Å². The van der Waals surface area contributed by atoms with Gasteiger partial charge in [0.05, 0.1) is 6.54 Å². The fourth-order valence-electron chi connectivity index (χ4n) is 2.12. The molecule has 5 heteroatoms. The number of carbonyl (C=O) groups excluding carboxylic acids is 1. The van der Waals surface area contributed by atoms with Crippen LogP contribution in [0.3, 0.4) is 0 Å². The molecule has 0 radical (unpaired) electrons. The first-order valence-electron chi connectivity index (χ1n) is 7.18. The third-order valence-corrected chi connectivity index (χ3v) is 3.70. The van der Waals surface area contributed by atoms with Crippen LogP contribution in [0.1, 0.15) is 15.9 Å². The molecule has 0 unspecified atom stereocenters. The van der Waals surface area contributed by atoms with Gasteiger partial charge in [-0.25, -0.2) is 0 Å². The van der Waals surface area contributed by atoms with Crippen LogP contribution in [0.5, 0.6) is 0 Å². The molecule has 0 amide bonds. The van der Waals surface area contributed by atoms with Gasteiger partial charge >= 0.3 is 0 Å². The SMILES string of the molecule is Cc1ccc(C(=O)CNc2cc(-c3ccc(Cl)cc3)no2)cc1. The Kier molecular flexibility index (Phi) is 4.44. The van der Waals surface area contributed by atoms with Crippen molar-refractivity contribution in [2.75, 3.05) is 11.9 Å². The van der Waals surface area contributed by atoms with E-state index in [-0.39, 0.29) is 12.3 Å². The number of Topliss-reactive ketones (excluding diaryl/α,β-unsaturated/α-hetero) is 1. The Labute approximate surface area is 139 Å². The molecular weight excluding hydrogens is 312 g/mol. The standard InChI is InChI=1S/C18H15ClN2O2/c1-12-2-4-14(5-3-12)17(22)11-20-18-10-16(21-23-18)13-6-8-15(19)9-7-13/h2-10,20H,11H2,1H3. The van der Waals surface area contributed by atoms with Gasteiger partial charge in [0.25, 0.3) is 0 Å². The minimum Gasteiger partial charge on any atom is -0.347 e. The maximum Gasteiger partial charge on any atom is 0.225 e. The summed E-state index contributed by atoms with van der Waals surface area (Å²) in [6, 6.07) is 16.5. The molecule has 0 saturated heterocycles. The normalized spacial score (nSPS) is 10.5. The van der Waals surface area contributed by atoms with Crippen molar-refractivity contribution in [3.05, 3.63) is 70.7 Å². The number of hydrogen-bond donors (Lipinski definition) is 1. The molecule has 1 heterocycles. The van der Waals surface area contributed by atoms with E-state index in [4.69, 9.17) is 16.1 Å². The number of ketones is 1. The lowest BCUT2D eigenvalue weighted by atomic mass is 10.1. The zero-order valence-electron chi connectivity index (χ0n) is 12.5. The molecule has 0 bridgehead atoms. The van der Waals surface area contributed by atoms with Gasteiger partial charge in [-0.1, -0.05) is 58.7 Å². The van der Waals surface area contributed by atoms with Crippen LogP contribution in [-0.4, -0.2) is 17.5 Å². The number of anilines is 1. The van der Waals surface area contributed by atoms with Gasteiger partial charge in [0.15, 0.2) is 5.78 Å². The van der Waals surface area contributed by atoms with Crippen LogP contribution in [0.4, 0.5) is 5.88 Å². The topological polar surface area (TPSA) is 55.1 Å². The van der Waals surface area contributed by atoms with Gasteiger partial charge in [-0.05, 0) is 19.1 Å². The molecule has 116 valence electrons. The van der Waals surface area contributed by atoms with Gasteiger partial charge in [-0.3, -0.25) is 4.79 Å². The van der Waals surface area contributed by atoms with E-state index < -0.39 is 0 Å². The molecule has 0 spiro atoms. The molecule has 0 saturated carbocycles. The van der Waals surface area contributed by atoms with E-state index in [0.717, 1.165) is 11.1 Å². The van der Waals surface area contributed by atoms with Crippen LogP contribution in [0.15, 0.2) is 59.1 Å². The number of rotatable bonds is 5. The zero-order valence-corrected chi connectivity index (χ0v) is 13.3. The Morgan fingerprint density at radius 1 is 1.13 bits per heavy atom. The average molecular weight is 327 g/mol. The van der Waals surface area contributed by atoms with Crippen molar-refractivity contribution in [2.24, 2.45) is 0 Å². The fraction of sp³-hybridized carbons (Fsp3) is 0.111. The predicted molar refractivity (Wildman–Crippen MR) is 90.9 cm³/mol. The summed E-state index contributed by atoms with van der Waals surface area (Å²) in [5, 5.41) is 7.61. The number of benzene rings is 2. The molecule has 0 fully saturated rings. The van der Waals surface area contributed by atoms with Crippen LogP contribution in [0, 0.1) is 6.92 Å². The molecule has 3 rings (SSSR count). The van der Waals surface area contributed by atoms with Crippen molar-refractivity contribution in [1.29, 1.82) is 0 Å². The van der Waals surface area contributed by atoms with Gasteiger partial charge in [0.2, 0.25) is 5.88 Å². The Hall–Kier alpha value is -2.59. The van der Waals surface area contributed by atoms with E-state index in [1.807, 2.05) is 43.3 Å². The maximum atomic E-state index is 12.1. The largest absolute Gasteiger partial charge is 0.347 e. The van der Waals surface area contributed by atoms with Gasteiger partial charge in [0.1, 0.15) is 5.69 Å². The van der Waals surface area contributed by atoms with E-state index in [1.54, 1.807) is 18.2 Å². The fourth-order valence-corrected chi connectivity index (χ4v) is 2.25. The summed E-state index contributed by atoms with van der Waals surface area (Å²) in [6.07, 6.45) is 0. The van der Waals surface area contributed by atoms with Crippen molar-refractivity contribution in [1.82, 2.24) is 5.16 Å². The van der Waals surface area contributed by atoms with Crippen LogP contribution in [0.25, 0.3) is 11.3 Å². The summed E-state index contributed by atoms with van der Waals surface area (Å²) >= 11 is 5.86. The van der Waals surface area contributed by atoms with Gasteiger partial charge in [-0.15, -0.1) is 0 Å². The molecule has 0 aliphatic rings. The van der Waals surface area contributed by atoms with E-state index in [9.17, 15) is 4.79 Å². The number of hydrogen-bond acceptors (Lipinski definition) is 4. The van der Waals surface area contributed by atoms with Gasteiger partial charge in [0, 0.05) is 22.2 Å². The molecule has 0 aliphatic heterocycles. The summed E-state index contributed by atoms with van der Waals surface area (Å²) in [7, 11) is 0. The van der Waals surface area contributed by atoms with Crippen molar-refractivity contribution < 1.29 is 9.32 Å². The highest BCUT2D eigenvalue weighted by Crippen LogP contribution is 2.23. The smallest absolute Gasteiger partial charge is 0.225 e. The number of nitrogens with one attached hydrogen (secondary N) is 1. The summed E-state index contributed by atoms with van der Waals surface area (Å²) < 4.78 is 5.21. The molecule has 0 aliphatic carbocycles. The minimum absolute atomic E-state index is 0.00515. The average Bonchev–Trinajstić information content (AvgIpc) is 3.03. The molecule has 1 N–H and O–H groups in total. The first kappa shape index (κ1) is 15.3. The van der Waals surface area contributed by atoms with E-state index in [0.29, 0.717) is 22.2 Å². The lowest BCUT2D eigenvalue weighted by Crippen LogP contribution is -2.13.